The minimum absolute atomic E-state index is 0.0148. The largest absolute Gasteiger partial charge is 0.480 e. The van der Waals surface area contributed by atoms with Gasteiger partial charge in [0.05, 0.1) is 23.9 Å². The van der Waals surface area contributed by atoms with Crippen LogP contribution in [0.4, 0.5) is 5.13 Å². The standard InChI is InChI=1S/C16H17N3O5S/c1-9-11(4-6-24-9)14(21)18-16-17-10(8-25-16)7-13(20)19-5-2-3-12(19)15(22)23/h4,6,8,12H,2-3,5,7H2,1H3,(H,22,23)(H,17,18,21)/t12-/m0/s1. The van der Waals surface area contributed by atoms with Gasteiger partial charge in [0.1, 0.15) is 11.8 Å². The molecule has 3 rings (SSSR count). The minimum Gasteiger partial charge on any atom is -0.480 e. The van der Waals surface area contributed by atoms with Gasteiger partial charge in [-0.05, 0) is 25.8 Å². The highest BCUT2D eigenvalue weighted by atomic mass is 32.1. The maximum atomic E-state index is 12.3. The summed E-state index contributed by atoms with van der Waals surface area (Å²) in [5, 5.41) is 13.9. The van der Waals surface area contributed by atoms with Crippen LogP contribution in [0.25, 0.3) is 0 Å². The Morgan fingerprint density at radius 1 is 1.48 bits per heavy atom. The van der Waals surface area contributed by atoms with E-state index < -0.39 is 12.0 Å². The monoisotopic (exact) mass is 363 g/mol. The number of aliphatic carboxylic acids is 1. The van der Waals surface area contributed by atoms with Gasteiger partial charge in [-0.1, -0.05) is 0 Å². The number of likely N-dealkylation sites (tertiary alicyclic amines) is 1. The van der Waals surface area contributed by atoms with Crippen LogP contribution in [0.2, 0.25) is 0 Å². The maximum absolute atomic E-state index is 12.3. The van der Waals surface area contributed by atoms with Gasteiger partial charge < -0.3 is 14.4 Å². The molecule has 0 saturated carbocycles. The van der Waals surface area contributed by atoms with Crippen molar-refractivity contribution in [2.24, 2.45) is 0 Å². The zero-order valence-electron chi connectivity index (χ0n) is 13.5. The van der Waals surface area contributed by atoms with Gasteiger partial charge in [0.25, 0.3) is 5.91 Å². The number of furan rings is 1. The Bertz CT molecular complexity index is 812. The summed E-state index contributed by atoms with van der Waals surface area (Å²) in [5.74, 6) is -1.06. The van der Waals surface area contributed by atoms with Crippen molar-refractivity contribution in [2.75, 3.05) is 11.9 Å². The van der Waals surface area contributed by atoms with Gasteiger partial charge in [-0.3, -0.25) is 14.9 Å². The molecule has 8 nitrogen and oxygen atoms in total. The molecule has 1 aliphatic heterocycles. The molecule has 2 amide bonds. The van der Waals surface area contributed by atoms with Crippen molar-refractivity contribution < 1.29 is 23.9 Å². The van der Waals surface area contributed by atoms with Crippen LogP contribution >= 0.6 is 11.3 Å². The summed E-state index contributed by atoms with van der Waals surface area (Å²) in [6, 6.07) is 0.816. The van der Waals surface area contributed by atoms with E-state index in [1.165, 1.54) is 22.5 Å². The predicted octanol–water partition coefficient (Wildman–Crippen LogP) is 1.91. The van der Waals surface area contributed by atoms with Gasteiger partial charge in [-0.15, -0.1) is 11.3 Å². The molecule has 0 aromatic carbocycles. The molecule has 132 valence electrons. The summed E-state index contributed by atoms with van der Waals surface area (Å²) < 4.78 is 5.09. The maximum Gasteiger partial charge on any atom is 0.326 e. The molecule has 1 atom stereocenters. The first-order valence-corrected chi connectivity index (χ1v) is 8.66. The molecule has 0 aliphatic carbocycles. The Morgan fingerprint density at radius 2 is 2.28 bits per heavy atom. The molecule has 2 aromatic heterocycles. The average Bonchev–Trinajstić information content (AvgIpc) is 3.27. The van der Waals surface area contributed by atoms with E-state index in [0.717, 1.165) is 0 Å². The van der Waals surface area contributed by atoms with Crippen molar-refractivity contribution in [3.05, 3.63) is 34.7 Å². The Balaban J connectivity index is 1.62. The summed E-state index contributed by atoms with van der Waals surface area (Å²) >= 11 is 1.21. The quantitative estimate of drug-likeness (QED) is 0.839. The van der Waals surface area contributed by atoms with Gasteiger partial charge >= 0.3 is 5.97 Å². The van der Waals surface area contributed by atoms with Gasteiger partial charge in [-0.25, -0.2) is 9.78 Å². The van der Waals surface area contributed by atoms with Crippen LogP contribution in [-0.4, -0.2) is 45.4 Å². The normalized spacial score (nSPS) is 16.8. The highest BCUT2D eigenvalue weighted by Gasteiger charge is 2.33. The number of hydrogen-bond donors (Lipinski definition) is 2. The first-order valence-electron chi connectivity index (χ1n) is 7.78. The smallest absolute Gasteiger partial charge is 0.326 e. The van der Waals surface area contributed by atoms with Gasteiger partial charge in [0, 0.05) is 11.9 Å². The van der Waals surface area contributed by atoms with E-state index in [9.17, 15) is 14.4 Å². The lowest BCUT2D eigenvalue weighted by atomic mass is 10.2. The number of carboxylic acids is 1. The summed E-state index contributed by atoms with van der Waals surface area (Å²) in [6.07, 6.45) is 2.61. The summed E-state index contributed by atoms with van der Waals surface area (Å²) in [7, 11) is 0. The van der Waals surface area contributed by atoms with E-state index in [4.69, 9.17) is 9.52 Å². The molecule has 0 radical (unpaired) electrons. The van der Waals surface area contributed by atoms with E-state index >= 15 is 0 Å². The average molecular weight is 363 g/mol. The number of hydrogen-bond acceptors (Lipinski definition) is 6. The zero-order valence-corrected chi connectivity index (χ0v) is 14.3. The number of carboxylic acid groups (broad SMARTS) is 1. The molecule has 0 spiro atoms. The van der Waals surface area contributed by atoms with Crippen LogP contribution in [0.5, 0.6) is 0 Å². The molecule has 2 N–H and O–H groups in total. The fourth-order valence-electron chi connectivity index (χ4n) is 2.81. The van der Waals surface area contributed by atoms with E-state index in [1.807, 2.05) is 0 Å². The van der Waals surface area contributed by atoms with Gasteiger partial charge in [0.15, 0.2) is 5.13 Å². The Hall–Kier alpha value is -2.68. The van der Waals surface area contributed by atoms with Crippen molar-refractivity contribution in [3.63, 3.8) is 0 Å². The second kappa shape index (κ2) is 7.06. The number of nitrogens with zero attached hydrogens (tertiary/aromatic N) is 2. The Labute approximate surface area is 147 Å². The molecule has 3 heterocycles. The van der Waals surface area contributed by atoms with Crippen molar-refractivity contribution in [1.82, 2.24) is 9.88 Å². The predicted molar refractivity (Wildman–Crippen MR) is 89.6 cm³/mol. The van der Waals surface area contributed by atoms with Gasteiger partial charge in [0.2, 0.25) is 5.91 Å². The number of rotatable bonds is 5. The fraction of sp³-hybridized carbons (Fsp3) is 0.375. The SMILES string of the molecule is Cc1occc1C(=O)Nc1nc(CC(=O)N2CCC[C@H]2C(=O)O)cs1. The number of thiazole rings is 1. The lowest BCUT2D eigenvalue weighted by molar-refractivity contribution is -0.148. The van der Waals surface area contributed by atoms with E-state index in [0.29, 0.717) is 41.5 Å². The molecule has 0 unspecified atom stereocenters. The van der Waals surface area contributed by atoms with Crippen molar-refractivity contribution in [2.45, 2.75) is 32.2 Å². The van der Waals surface area contributed by atoms with Crippen molar-refractivity contribution in [3.8, 4) is 0 Å². The fourth-order valence-corrected chi connectivity index (χ4v) is 3.51. The zero-order chi connectivity index (χ0) is 18.0. The number of carbonyl (C=O) groups excluding carboxylic acids is 2. The van der Waals surface area contributed by atoms with Crippen LogP contribution in [0, 0.1) is 6.92 Å². The number of aryl methyl sites for hydroxylation is 1. The highest BCUT2D eigenvalue weighted by molar-refractivity contribution is 7.14. The molecule has 1 aliphatic rings. The lowest BCUT2D eigenvalue weighted by Crippen LogP contribution is -2.41. The first kappa shape index (κ1) is 17.2. The minimum atomic E-state index is -0.979. The topological polar surface area (TPSA) is 113 Å². The van der Waals surface area contributed by atoms with Crippen LogP contribution in [0.15, 0.2) is 22.1 Å². The number of nitrogens with one attached hydrogen (secondary N) is 1. The third-order valence-electron chi connectivity index (χ3n) is 4.07. The number of carbonyl (C=O) groups is 3. The first-order chi connectivity index (χ1) is 12.0. The van der Waals surface area contributed by atoms with E-state index in [-0.39, 0.29) is 18.2 Å². The summed E-state index contributed by atoms with van der Waals surface area (Å²) in [6.45, 7) is 2.14. The third-order valence-corrected chi connectivity index (χ3v) is 4.87. The lowest BCUT2D eigenvalue weighted by Gasteiger charge is -2.20. The van der Waals surface area contributed by atoms with E-state index in [1.54, 1.807) is 18.4 Å². The van der Waals surface area contributed by atoms with Gasteiger partial charge in [-0.2, -0.15) is 0 Å². The molecular weight excluding hydrogens is 346 g/mol. The highest BCUT2D eigenvalue weighted by Crippen LogP contribution is 2.21. The molecular formula is C16H17N3O5S. The van der Waals surface area contributed by atoms with Crippen molar-refractivity contribution in [1.29, 1.82) is 0 Å². The third kappa shape index (κ3) is 3.71. The van der Waals surface area contributed by atoms with Crippen molar-refractivity contribution >= 4 is 34.3 Å². The molecule has 1 saturated heterocycles. The van der Waals surface area contributed by atoms with Crippen LogP contribution in [-0.2, 0) is 16.0 Å². The second-order valence-corrected chi connectivity index (χ2v) is 6.61. The van der Waals surface area contributed by atoms with E-state index in [2.05, 4.69) is 10.3 Å². The Morgan fingerprint density at radius 3 is 2.96 bits per heavy atom. The summed E-state index contributed by atoms with van der Waals surface area (Å²) in [5.41, 5.74) is 0.930. The Kier molecular flexibility index (Phi) is 4.84. The second-order valence-electron chi connectivity index (χ2n) is 5.75. The number of amides is 2. The van der Waals surface area contributed by atoms with Crippen LogP contribution in [0.3, 0.4) is 0 Å². The molecule has 9 heteroatoms. The number of aromatic nitrogens is 1. The molecule has 25 heavy (non-hydrogen) atoms. The molecule has 0 bridgehead atoms. The summed E-state index contributed by atoms with van der Waals surface area (Å²) in [4.78, 5) is 41.2. The number of anilines is 1. The molecule has 1 fully saturated rings. The molecule has 2 aromatic rings. The van der Waals surface area contributed by atoms with Crippen LogP contribution < -0.4 is 5.32 Å². The van der Waals surface area contributed by atoms with Crippen LogP contribution in [0.1, 0.15) is 34.7 Å².